The van der Waals surface area contributed by atoms with Crippen molar-refractivity contribution in [3.8, 4) is 6.07 Å². The zero-order valence-corrected chi connectivity index (χ0v) is 21.4. The number of nitrogens with two attached hydrogens (primary N) is 1. The first-order valence-electron chi connectivity index (χ1n) is 12.5. The van der Waals surface area contributed by atoms with E-state index in [0.717, 1.165) is 25.7 Å². The van der Waals surface area contributed by atoms with Gasteiger partial charge in [-0.2, -0.15) is 5.26 Å². The third-order valence-corrected chi connectivity index (χ3v) is 6.39. The van der Waals surface area contributed by atoms with Gasteiger partial charge in [0.15, 0.2) is 0 Å². The van der Waals surface area contributed by atoms with Crippen molar-refractivity contribution in [3.05, 3.63) is 41.6 Å². The van der Waals surface area contributed by atoms with E-state index in [1.807, 2.05) is 45.0 Å². The van der Waals surface area contributed by atoms with Gasteiger partial charge in [0, 0.05) is 31.2 Å². The highest BCUT2D eigenvalue weighted by Gasteiger charge is 2.39. The zero-order chi connectivity index (χ0) is 26.3. The van der Waals surface area contributed by atoms with Gasteiger partial charge in [-0.1, -0.05) is 18.6 Å². The molecule has 2 unspecified atom stereocenters. The molecular weight excluding hydrogens is 456 g/mol. The zero-order valence-electron chi connectivity index (χ0n) is 21.4. The minimum Gasteiger partial charge on any atom is -0.404 e. The third-order valence-electron chi connectivity index (χ3n) is 6.39. The summed E-state index contributed by atoms with van der Waals surface area (Å²) in [5.41, 5.74) is 7.44. The van der Waals surface area contributed by atoms with Crippen LogP contribution in [0.5, 0.6) is 0 Å². The van der Waals surface area contributed by atoms with E-state index in [2.05, 4.69) is 16.4 Å². The van der Waals surface area contributed by atoms with Crippen LogP contribution in [0.1, 0.15) is 52.0 Å². The van der Waals surface area contributed by atoms with E-state index in [-0.39, 0.29) is 48.3 Å². The summed E-state index contributed by atoms with van der Waals surface area (Å²) in [7, 11) is 0. The molecule has 2 atom stereocenters. The molecule has 4 rings (SSSR count). The Labute approximate surface area is 213 Å². The minimum atomic E-state index is -0.724. The van der Waals surface area contributed by atoms with Crippen LogP contribution in [0.15, 0.2) is 41.0 Å². The number of nitrogens with one attached hydrogen (secondary N) is 1. The number of amides is 3. The van der Waals surface area contributed by atoms with E-state index >= 15 is 0 Å². The van der Waals surface area contributed by atoms with Crippen LogP contribution in [0, 0.1) is 17.2 Å². The molecule has 0 spiro atoms. The summed E-state index contributed by atoms with van der Waals surface area (Å²) in [5.74, 6) is -1.46. The normalized spacial score (nSPS) is 22.4. The monoisotopic (exact) mass is 492 g/mol. The largest absolute Gasteiger partial charge is 0.404 e. The van der Waals surface area contributed by atoms with Crippen molar-refractivity contribution in [1.82, 2.24) is 9.80 Å². The molecule has 3 amide bonds. The van der Waals surface area contributed by atoms with Gasteiger partial charge in [0.1, 0.15) is 12.6 Å². The highest BCUT2D eigenvalue weighted by molar-refractivity contribution is 6.12. The SMILES string of the molecule is CC(C)(C)N=C/C(=C\N)C(=O)N1CCCCCc2ccc(cc2)NC(=O)C2CC(C#N)N(C2)C(=O)C1. The fraction of sp³-hybridized carbons (Fsp3) is 0.519. The number of aryl methyl sites for hydroxylation is 1. The Morgan fingerprint density at radius 1 is 1.19 bits per heavy atom. The number of anilines is 1. The second-order valence-corrected chi connectivity index (χ2v) is 10.4. The van der Waals surface area contributed by atoms with Crippen LogP contribution < -0.4 is 11.1 Å². The predicted octanol–water partition coefficient (Wildman–Crippen LogP) is 2.63. The molecule has 1 aromatic carbocycles. The van der Waals surface area contributed by atoms with Crippen LogP contribution in [0.3, 0.4) is 0 Å². The maximum Gasteiger partial charge on any atom is 0.257 e. The molecule has 1 saturated heterocycles. The number of hydrogen-bond donors (Lipinski definition) is 2. The van der Waals surface area contributed by atoms with E-state index in [1.54, 1.807) is 0 Å². The molecule has 4 bridgehead atoms. The van der Waals surface area contributed by atoms with E-state index in [9.17, 15) is 19.6 Å². The van der Waals surface area contributed by atoms with Gasteiger partial charge in [-0.3, -0.25) is 19.4 Å². The predicted molar refractivity (Wildman–Crippen MR) is 139 cm³/mol. The lowest BCUT2D eigenvalue weighted by atomic mass is 10.0. The summed E-state index contributed by atoms with van der Waals surface area (Å²) >= 11 is 0. The lowest BCUT2D eigenvalue weighted by Gasteiger charge is -2.27. The highest BCUT2D eigenvalue weighted by Crippen LogP contribution is 2.25. The fourth-order valence-corrected chi connectivity index (χ4v) is 4.35. The van der Waals surface area contributed by atoms with Crippen LogP contribution in [-0.4, -0.2) is 65.0 Å². The summed E-state index contributed by atoms with van der Waals surface area (Å²) < 4.78 is 0. The van der Waals surface area contributed by atoms with E-state index < -0.39 is 12.0 Å². The van der Waals surface area contributed by atoms with Gasteiger partial charge in [-0.25, -0.2) is 0 Å². The molecule has 1 fully saturated rings. The van der Waals surface area contributed by atoms with Crippen LogP contribution >= 0.6 is 0 Å². The lowest BCUT2D eigenvalue weighted by Crippen LogP contribution is -2.45. The molecular formula is C27H36N6O3. The van der Waals surface area contributed by atoms with Gasteiger partial charge in [0.2, 0.25) is 11.8 Å². The van der Waals surface area contributed by atoms with Crippen molar-refractivity contribution in [2.45, 2.75) is 64.5 Å². The Morgan fingerprint density at radius 2 is 1.92 bits per heavy atom. The quantitative estimate of drug-likeness (QED) is 0.484. The first-order valence-corrected chi connectivity index (χ1v) is 12.5. The number of aliphatic imine (C=N–C) groups is 1. The highest BCUT2D eigenvalue weighted by atomic mass is 16.2. The number of benzene rings is 1. The number of nitrogens with zero attached hydrogens (tertiary/aromatic N) is 4. The number of nitriles is 1. The molecule has 0 aliphatic carbocycles. The summed E-state index contributed by atoms with van der Waals surface area (Å²) in [6, 6.07) is 9.18. The second kappa shape index (κ2) is 11.8. The number of rotatable bonds is 2. The third kappa shape index (κ3) is 7.17. The number of carbonyl (C=O) groups excluding carboxylic acids is 3. The molecule has 3 aliphatic rings. The van der Waals surface area contributed by atoms with Crippen molar-refractivity contribution in [3.63, 3.8) is 0 Å². The summed E-state index contributed by atoms with van der Waals surface area (Å²) in [5, 5.41) is 12.6. The van der Waals surface area contributed by atoms with Gasteiger partial charge in [0.25, 0.3) is 5.91 Å². The van der Waals surface area contributed by atoms with Gasteiger partial charge in [-0.05, 0) is 64.2 Å². The maximum atomic E-state index is 13.4. The number of carbonyl (C=O) groups is 3. The fourth-order valence-electron chi connectivity index (χ4n) is 4.35. The first-order chi connectivity index (χ1) is 17.1. The second-order valence-electron chi connectivity index (χ2n) is 10.4. The smallest absolute Gasteiger partial charge is 0.257 e. The van der Waals surface area contributed by atoms with E-state index in [4.69, 9.17) is 5.73 Å². The maximum absolute atomic E-state index is 13.4. The molecule has 3 aliphatic heterocycles. The molecule has 9 heteroatoms. The first kappa shape index (κ1) is 26.9. The van der Waals surface area contributed by atoms with Crippen molar-refractivity contribution in [2.24, 2.45) is 16.6 Å². The Bertz CT molecular complexity index is 1060. The van der Waals surface area contributed by atoms with Gasteiger partial charge in [0.05, 0.1) is 23.1 Å². The standard InChI is InChI=1S/C27H36N6O3/c1-27(2,3)30-16-21(14-28)26(36)32-12-6-4-5-7-19-8-10-22(11-9-19)31-25(35)20-13-23(15-29)33(17-20)24(34)18-32/h8-11,14,16,20,23H,4-7,12-13,17-18,28H2,1-3H3,(H,31,35)/b21-14+,30-16?. The molecule has 9 nitrogen and oxygen atoms in total. The van der Waals surface area contributed by atoms with Crippen LogP contribution in [-0.2, 0) is 20.8 Å². The topological polar surface area (TPSA) is 132 Å². The van der Waals surface area contributed by atoms with Crippen LogP contribution in [0.25, 0.3) is 0 Å². The Morgan fingerprint density at radius 3 is 2.56 bits per heavy atom. The van der Waals surface area contributed by atoms with Gasteiger partial charge in [-0.15, -0.1) is 0 Å². The number of fused-ring (bicyclic) bond motifs is 10. The summed E-state index contributed by atoms with van der Waals surface area (Å²) in [6.07, 6.45) is 6.32. The lowest BCUT2D eigenvalue weighted by molar-refractivity contribution is -0.138. The summed E-state index contributed by atoms with van der Waals surface area (Å²) in [6.45, 7) is 6.05. The van der Waals surface area contributed by atoms with Crippen molar-refractivity contribution in [1.29, 1.82) is 5.26 Å². The minimum absolute atomic E-state index is 0.133. The molecule has 3 N–H and O–H groups in total. The van der Waals surface area contributed by atoms with Crippen molar-refractivity contribution >= 4 is 29.6 Å². The molecule has 36 heavy (non-hydrogen) atoms. The average Bonchev–Trinajstić information content (AvgIpc) is 3.28. The van der Waals surface area contributed by atoms with Crippen molar-refractivity contribution in [2.75, 3.05) is 25.0 Å². The Hall–Kier alpha value is -3.67. The van der Waals surface area contributed by atoms with Crippen LogP contribution in [0.2, 0.25) is 0 Å². The van der Waals surface area contributed by atoms with Crippen LogP contribution in [0.4, 0.5) is 5.69 Å². The van der Waals surface area contributed by atoms with E-state index in [1.165, 1.54) is 27.8 Å². The molecule has 0 aromatic heterocycles. The molecule has 0 saturated carbocycles. The molecule has 3 heterocycles. The molecule has 1 aromatic rings. The Kier molecular flexibility index (Phi) is 8.86. The molecule has 192 valence electrons. The van der Waals surface area contributed by atoms with Gasteiger partial charge < -0.3 is 20.9 Å². The summed E-state index contributed by atoms with van der Waals surface area (Å²) in [4.78, 5) is 46.8. The van der Waals surface area contributed by atoms with Gasteiger partial charge >= 0.3 is 0 Å². The van der Waals surface area contributed by atoms with Crippen molar-refractivity contribution < 1.29 is 14.4 Å². The Balaban J connectivity index is 1.85. The molecule has 0 radical (unpaired) electrons. The van der Waals surface area contributed by atoms with E-state index in [0.29, 0.717) is 12.2 Å². The average molecular weight is 493 g/mol. The number of hydrogen-bond acceptors (Lipinski definition) is 6.